The average molecular weight is 235 g/mol. The summed E-state index contributed by atoms with van der Waals surface area (Å²) in [5, 5.41) is 3.10. The molecule has 0 radical (unpaired) electrons. The summed E-state index contributed by atoms with van der Waals surface area (Å²) in [6.45, 7) is 4.64. The third-order valence-corrected chi connectivity index (χ3v) is 2.99. The molecule has 1 atom stereocenters. The van der Waals surface area contributed by atoms with E-state index in [1.807, 2.05) is 12.1 Å². The molecular weight excluding hydrogens is 217 g/mol. The van der Waals surface area contributed by atoms with E-state index >= 15 is 0 Å². The average Bonchev–Trinajstić information content (AvgIpc) is 2.72. The zero-order valence-electron chi connectivity index (χ0n) is 9.99. The zero-order valence-corrected chi connectivity index (χ0v) is 9.99. The van der Waals surface area contributed by atoms with E-state index in [9.17, 15) is 4.39 Å². The summed E-state index contributed by atoms with van der Waals surface area (Å²) in [6, 6.07) is 6.71. The van der Waals surface area contributed by atoms with E-state index in [-0.39, 0.29) is 5.82 Å². The van der Waals surface area contributed by atoms with Gasteiger partial charge in [-0.25, -0.2) is 4.39 Å². The molecule has 0 amide bonds. The first-order valence-electron chi connectivity index (χ1n) is 5.90. The van der Waals surface area contributed by atoms with Gasteiger partial charge in [0.05, 0.1) is 5.82 Å². The van der Waals surface area contributed by atoms with Crippen LogP contribution in [0.4, 0.5) is 10.1 Å². The normalized spacial score (nSPS) is 18.7. The largest absolute Gasteiger partial charge is 0.386 e. The summed E-state index contributed by atoms with van der Waals surface area (Å²) in [5.74, 6) is 0.934. The zero-order chi connectivity index (χ0) is 12.3. The molecule has 1 heterocycles. The van der Waals surface area contributed by atoms with Gasteiger partial charge in [0.2, 0.25) is 0 Å². The number of anilines is 1. The number of hydrogen-bond donors (Lipinski definition) is 2. The number of nitrogens with two attached hydrogens (primary N) is 1. The van der Waals surface area contributed by atoms with Crippen molar-refractivity contribution in [1.82, 2.24) is 5.32 Å². The molecule has 0 saturated carbocycles. The van der Waals surface area contributed by atoms with E-state index in [0.29, 0.717) is 5.92 Å². The summed E-state index contributed by atoms with van der Waals surface area (Å²) in [5.41, 5.74) is 6.60. The fourth-order valence-electron chi connectivity index (χ4n) is 2.11. The first-order valence-corrected chi connectivity index (χ1v) is 5.90. The molecule has 1 aliphatic rings. The first-order chi connectivity index (χ1) is 8.19. The Labute approximate surface area is 101 Å². The van der Waals surface area contributed by atoms with Crippen molar-refractivity contribution in [1.29, 1.82) is 0 Å². The molecule has 1 aromatic rings. The summed E-state index contributed by atoms with van der Waals surface area (Å²) >= 11 is 0. The van der Waals surface area contributed by atoms with Gasteiger partial charge in [0.15, 0.2) is 0 Å². The van der Waals surface area contributed by atoms with Gasteiger partial charge in [-0.3, -0.25) is 0 Å². The lowest BCUT2D eigenvalue weighted by molar-refractivity contribution is 0.612. The number of halogens is 1. The highest BCUT2D eigenvalue weighted by atomic mass is 19.1. The van der Waals surface area contributed by atoms with E-state index < -0.39 is 0 Å². The second-order valence-corrected chi connectivity index (χ2v) is 4.28. The molecule has 4 heteroatoms. The molecule has 3 N–H and O–H groups in total. The number of benzene rings is 1. The van der Waals surface area contributed by atoms with Crippen molar-refractivity contribution >= 4 is 5.69 Å². The highest BCUT2D eigenvalue weighted by Gasteiger charge is 2.16. The smallest absolute Gasteiger partial charge is 0.125 e. The quantitative estimate of drug-likeness (QED) is 0.834. The Hall–Kier alpha value is -1.71. The maximum absolute atomic E-state index is 13.2. The SMILES string of the molecule is CCN(C[C@H]1C=C(N)NC1)c1cccc(F)c1. The van der Waals surface area contributed by atoms with Gasteiger partial charge in [-0.1, -0.05) is 6.07 Å². The molecule has 0 aromatic heterocycles. The van der Waals surface area contributed by atoms with Crippen LogP contribution in [-0.4, -0.2) is 19.6 Å². The molecule has 0 unspecified atom stereocenters. The van der Waals surface area contributed by atoms with Crippen LogP contribution in [0, 0.1) is 11.7 Å². The molecule has 0 saturated heterocycles. The monoisotopic (exact) mass is 235 g/mol. The molecule has 17 heavy (non-hydrogen) atoms. The van der Waals surface area contributed by atoms with Crippen molar-refractivity contribution in [2.45, 2.75) is 6.92 Å². The number of nitrogens with one attached hydrogen (secondary N) is 1. The number of hydrogen-bond acceptors (Lipinski definition) is 3. The van der Waals surface area contributed by atoms with Crippen molar-refractivity contribution < 1.29 is 4.39 Å². The summed E-state index contributed by atoms with van der Waals surface area (Å²) in [7, 11) is 0. The minimum atomic E-state index is -0.194. The van der Waals surface area contributed by atoms with Crippen LogP contribution in [0.15, 0.2) is 36.2 Å². The van der Waals surface area contributed by atoms with E-state index in [2.05, 4.69) is 17.1 Å². The van der Waals surface area contributed by atoms with Crippen molar-refractivity contribution in [2.75, 3.05) is 24.5 Å². The molecule has 92 valence electrons. The maximum Gasteiger partial charge on any atom is 0.125 e. The van der Waals surface area contributed by atoms with Crippen LogP contribution in [0.3, 0.4) is 0 Å². The lowest BCUT2D eigenvalue weighted by Gasteiger charge is -2.25. The standard InChI is InChI=1S/C13H18FN3/c1-2-17(9-10-6-13(15)16-8-10)12-5-3-4-11(14)7-12/h3-7,10,16H,2,8-9,15H2,1H3/t10-/m0/s1. The van der Waals surface area contributed by atoms with Gasteiger partial charge in [0.25, 0.3) is 0 Å². The van der Waals surface area contributed by atoms with Crippen molar-refractivity contribution in [3.63, 3.8) is 0 Å². The van der Waals surface area contributed by atoms with Crippen molar-refractivity contribution in [3.05, 3.63) is 42.0 Å². The van der Waals surface area contributed by atoms with Crippen LogP contribution in [0.25, 0.3) is 0 Å². The topological polar surface area (TPSA) is 41.3 Å². The number of rotatable bonds is 4. The lowest BCUT2D eigenvalue weighted by Crippen LogP contribution is -2.30. The molecule has 0 bridgehead atoms. The van der Waals surface area contributed by atoms with E-state index in [1.54, 1.807) is 12.1 Å². The molecule has 3 nitrogen and oxygen atoms in total. The van der Waals surface area contributed by atoms with Gasteiger partial charge in [0.1, 0.15) is 5.82 Å². The van der Waals surface area contributed by atoms with Gasteiger partial charge in [0, 0.05) is 31.2 Å². The molecule has 0 aliphatic carbocycles. The Morgan fingerprint density at radius 3 is 2.94 bits per heavy atom. The predicted octanol–water partition coefficient (Wildman–Crippen LogP) is 1.67. The van der Waals surface area contributed by atoms with Crippen LogP contribution >= 0.6 is 0 Å². The molecular formula is C13H18FN3. The van der Waals surface area contributed by atoms with Gasteiger partial charge < -0.3 is 16.0 Å². The fourth-order valence-corrected chi connectivity index (χ4v) is 2.11. The summed E-state index contributed by atoms with van der Waals surface area (Å²) in [6.07, 6.45) is 2.03. The van der Waals surface area contributed by atoms with Gasteiger partial charge in [-0.2, -0.15) is 0 Å². The minimum Gasteiger partial charge on any atom is -0.386 e. The Bertz CT molecular complexity index is 417. The number of nitrogens with zero attached hydrogens (tertiary/aromatic N) is 1. The van der Waals surface area contributed by atoms with Crippen LogP contribution in [0.5, 0.6) is 0 Å². The lowest BCUT2D eigenvalue weighted by atomic mass is 10.1. The Balaban J connectivity index is 2.06. The molecule has 0 fully saturated rings. The minimum absolute atomic E-state index is 0.194. The molecule has 0 spiro atoms. The van der Waals surface area contributed by atoms with Crippen LogP contribution in [-0.2, 0) is 0 Å². The van der Waals surface area contributed by atoms with E-state index in [1.165, 1.54) is 6.07 Å². The van der Waals surface area contributed by atoms with E-state index in [0.717, 1.165) is 31.1 Å². The van der Waals surface area contributed by atoms with Crippen LogP contribution in [0.2, 0.25) is 0 Å². The van der Waals surface area contributed by atoms with Gasteiger partial charge in [-0.15, -0.1) is 0 Å². The van der Waals surface area contributed by atoms with Crippen molar-refractivity contribution in [2.24, 2.45) is 11.7 Å². The molecule has 2 rings (SSSR count). The summed E-state index contributed by atoms with van der Waals surface area (Å²) in [4.78, 5) is 2.16. The second-order valence-electron chi connectivity index (χ2n) is 4.28. The van der Waals surface area contributed by atoms with Crippen LogP contribution < -0.4 is 16.0 Å². The predicted molar refractivity (Wildman–Crippen MR) is 68.1 cm³/mol. The highest BCUT2D eigenvalue weighted by molar-refractivity contribution is 5.46. The fraction of sp³-hybridized carbons (Fsp3) is 0.385. The summed E-state index contributed by atoms with van der Waals surface area (Å²) < 4.78 is 13.2. The van der Waals surface area contributed by atoms with Crippen molar-refractivity contribution in [3.8, 4) is 0 Å². The van der Waals surface area contributed by atoms with Gasteiger partial charge in [-0.05, 0) is 31.2 Å². The third kappa shape index (κ3) is 2.90. The second kappa shape index (κ2) is 5.08. The Morgan fingerprint density at radius 2 is 2.35 bits per heavy atom. The molecule has 1 aliphatic heterocycles. The highest BCUT2D eigenvalue weighted by Crippen LogP contribution is 2.18. The van der Waals surface area contributed by atoms with E-state index in [4.69, 9.17) is 5.73 Å². The maximum atomic E-state index is 13.2. The Kier molecular flexibility index (Phi) is 3.52. The Morgan fingerprint density at radius 1 is 1.53 bits per heavy atom. The first kappa shape index (κ1) is 11.8. The molecule has 1 aromatic carbocycles. The third-order valence-electron chi connectivity index (χ3n) is 2.99. The van der Waals surface area contributed by atoms with Gasteiger partial charge >= 0.3 is 0 Å². The van der Waals surface area contributed by atoms with Crippen LogP contribution in [0.1, 0.15) is 6.92 Å².